The molecule has 0 amide bonds. The average Bonchev–Trinajstić information content (AvgIpc) is 2.98. The predicted molar refractivity (Wildman–Crippen MR) is 68.9 cm³/mol. The molecule has 1 spiro atoms. The molecule has 0 aliphatic carbocycles. The van der Waals surface area contributed by atoms with Gasteiger partial charge in [0.05, 0.1) is 6.20 Å². The fourth-order valence-electron chi connectivity index (χ4n) is 3.11. The molecule has 0 unspecified atom stereocenters. The van der Waals surface area contributed by atoms with Crippen molar-refractivity contribution in [1.29, 1.82) is 0 Å². The smallest absolute Gasteiger partial charge is 0.261 e. The van der Waals surface area contributed by atoms with Crippen LogP contribution in [-0.2, 0) is 17.1 Å². The minimum absolute atomic E-state index is 0.171. The first kappa shape index (κ1) is 13.0. The Labute approximate surface area is 113 Å². The minimum Gasteiger partial charge on any atom is -0.317 e. The average molecular weight is 285 g/mol. The number of hydrogen-bond donors (Lipinski definition) is 1. The highest BCUT2D eigenvalue weighted by atomic mass is 32.2. The quantitative estimate of drug-likeness (QED) is 0.798. The van der Waals surface area contributed by atoms with Gasteiger partial charge in [-0.2, -0.15) is 4.31 Å². The van der Waals surface area contributed by atoms with Crippen LogP contribution < -0.4 is 5.32 Å². The second-order valence-corrected chi connectivity index (χ2v) is 7.42. The third kappa shape index (κ3) is 2.17. The largest absolute Gasteiger partial charge is 0.317 e. The monoisotopic (exact) mass is 285 g/mol. The SMILES string of the molecule is Cn1nncc1S(=O)(=O)N1CCC2(CCNCC2)C1. The van der Waals surface area contributed by atoms with Crippen LogP contribution in [0.1, 0.15) is 19.3 Å². The lowest BCUT2D eigenvalue weighted by Gasteiger charge is -2.33. The summed E-state index contributed by atoms with van der Waals surface area (Å²) in [6.07, 6.45) is 4.40. The van der Waals surface area contributed by atoms with Crippen LogP contribution in [0.2, 0.25) is 0 Å². The molecule has 1 aromatic rings. The standard InChI is InChI=1S/C11H19N5O2S/c1-15-10(8-13-14-15)19(17,18)16-7-4-11(9-16)2-5-12-6-3-11/h8,12H,2-7,9H2,1H3. The van der Waals surface area contributed by atoms with Crippen molar-refractivity contribution < 1.29 is 8.42 Å². The molecule has 8 heteroatoms. The minimum atomic E-state index is -3.45. The van der Waals surface area contributed by atoms with Crippen molar-refractivity contribution in [2.24, 2.45) is 12.5 Å². The molecular formula is C11H19N5O2S. The van der Waals surface area contributed by atoms with Crippen molar-refractivity contribution in [1.82, 2.24) is 24.6 Å². The number of rotatable bonds is 2. The normalized spacial score (nSPS) is 24.1. The molecule has 2 saturated heterocycles. The second-order valence-electron chi connectivity index (χ2n) is 5.53. The number of nitrogens with one attached hydrogen (secondary N) is 1. The molecule has 3 heterocycles. The summed E-state index contributed by atoms with van der Waals surface area (Å²) >= 11 is 0. The van der Waals surface area contributed by atoms with Gasteiger partial charge < -0.3 is 5.32 Å². The van der Waals surface area contributed by atoms with Crippen molar-refractivity contribution in [2.45, 2.75) is 24.3 Å². The Kier molecular flexibility index (Phi) is 3.11. The van der Waals surface area contributed by atoms with Gasteiger partial charge in [0.15, 0.2) is 5.03 Å². The fourth-order valence-corrected chi connectivity index (χ4v) is 4.70. The first-order chi connectivity index (χ1) is 9.04. The van der Waals surface area contributed by atoms with Gasteiger partial charge in [-0.3, -0.25) is 0 Å². The van der Waals surface area contributed by atoms with Gasteiger partial charge in [0.2, 0.25) is 0 Å². The van der Waals surface area contributed by atoms with Crippen molar-refractivity contribution in [3.63, 3.8) is 0 Å². The number of sulfonamides is 1. The van der Waals surface area contributed by atoms with Crippen LogP contribution in [0.15, 0.2) is 11.2 Å². The lowest BCUT2D eigenvalue weighted by Crippen LogP contribution is -2.40. The molecule has 1 N–H and O–H groups in total. The topological polar surface area (TPSA) is 80.1 Å². The van der Waals surface area contributed by atoms with Gasteiger partial charge in [0, 0.05) is 20.1 Å². The fraction of sp³-hybridized carbons (Fsp3) is 0.818. The van der Waals surface area contributed by atoms with E-state index in [9.17, 15) is 8.42 Å². The number of nitrogens with zero attached hydrogens (tertiary/aromatic N) is 4. The van der Waals surface area contributed by atoms with Gasteiger partial charge in [0.25, 0.3) is 10.0 Å². The van der Waals surface area contributed by atoms with E-state index in [2.05, 4.69) is 15.6 Å². The molecule has 2 fully saturated rings. The summed E-state index contributed by atoms with van der Waals surface area (Å²) in [5.74, 6) is 0. The molecule has 7 nitrogen and oxygen atoms in total. The summed E-state index contributed by atoms with van der Waals surface area (Å²) in [6, 6.07) is 0. The molecule has 1 aromatic heterocycles. The lowest BCUT2D eigenvalue weighted by atomic mass is 9.78. The summed E-state index contributed by atoms with van der Waals surface area (Å²) in [5.41, 5.74) is 0.171. The highest BCUT2D eigenvalue weighted by Gasteiger charge is 2.44. The third-order valence-corrected chi connectivity index (χ3v) is 6.23. The van der Waals surface area contributed by atoms with E-state index in [1.165, 1.54) is 10.9 Å². The summed E-state index contributed by atoms with van der Waals surface area (Å²) in [6.45, 7) is 3.21. The van der Waals surface area contributed by atoms with Crippen LogP contribution in [0.25, 0.3) is 0 Å². The van der Waals surface area contributed by atoms with Crippen LogP contribution in [0, 0.1) is 5.41 Å². The molecule has 3 rings (SSSR count). The van der Waals surface area contributed by atoms with Crippen molar-refractivity contribution in [2.75, 3.05) is 26.2 Å². The van der Waals surface area contributed by atoms with Crippen LogP contribution >= 0.6 is 0 Å². The molecule has 0 radical (unpaired) electrons. The predicted octanol–water partition coefficient (Wildman–Crippen LogP) is -0.421. The van der Waals surface area contributed by atoms with Crippen LogP contribution in [0.5, 0.6) is 0 Å². The van der Waals surface area contributed by atoms with Gasteiger partial charge in [-0.25, -0.2) is 13.1 Å². The Hall–Kier alpha value is -0.990. The molecule has 0 aromatic carbocycles. The van der Waals surface area contributed by atoms with Gasteiger partial charge in [-0.15, -0.1) is 5.10 Å². The lowest BCUT2D eigenvalue weighted by molar-refractivity contribution is 0.218. The highest BCUT2D eigenvalue weighted by Crippen LogP contribution is 2.40. The third-order valence-electron chi connectivity index (χ3n) is 4.34. The number of piperidine rings is 1. The molecule has 0 atom stereocenters. The van der Waals surface area contributed by atoms with Gasteiger partial charge in [-0.1, -0.05) is 5.21 Å². The Morgan fingerprint density at radius 3 is 2.68 bits per heavy atom. The number of aryl methyl sites for hydroxylation is 1. The Morgan fingerprint density at radius 2 is 2.05 bits per heavy atom. The van der Waals surface area contributed by atoms with E-state index in [0.29, 0.717) is 13.1 Å². The molecule has 106 valence electrons. The van der Waals surface area contributed by atoms with Crippen LogP contribution in [0.3, 0.4) is 0 Å². The van der Waals surface area contributed by atoms with E-state index < -0.39 is 10.0 Å². The Balaban J connectivity index is 1.83. The van der Waals surface area contributed by atoms with Gasteiger partial charge in [0.1, 0.15) is 0 Å². The van der Waals surface area contributed by atoms with Gasteiger partial charge in [-0.05, 0) is 37.8 Å². The van der Waals surface area contributed by atoms with E-state index in [1.54, 1.807) is 11.4 Å². The maximum atomic E-state index is 12.6. The van der Waals surface area contributed by atoms with Gasteiger partial charge >= 0.3 is 0 Å². The molecule has 19 heavy (non-hydrogen) atoms. The van der Waals surface area contributed by atoms with E-state index in [0.717, 1.165) is 32.4 Å². The van der Waals surface area contributed by atoms with Crippen molar-refractivity contribution in [3.8, 4) is 0 Å². The molecule has 0 bridgehead atoms. The van der Waals surface area contributed by atoms with Crippen LogP contribution in [-0.4, -0.2) is 53.9 Å². The van der Waals surface area contributed by atoms with Crippen molar-refractivity contribution in [3.05, 3.63) is 6.20 Å². The maximum absolute atomic E-state index is 12.6. The Bertz CT molecular complexity index is 561. The number of aromatic nitrogens is 3. The van der Waals surface area contributed by atoms with Crippen molar-refractivity contribution >= 4 is 10.0 Å². The van der Waals surface area contributed by atoms with E-state index in [4.69, 9.17) is 0 Å². The first-order valence-electron chi connectivity index (χ1n) is 6.59. The van der Waals surface area contributed by atoms with Crippen LogP contribution in [0.4, 0.5) is 0 Å². The number of hydrogen-bond acceptors (Lipinski definition) is 5. The summed E-state index contributed by atoms with van der Waals surface area (Å²) in [7, 11) is -1.84. The summed E-state index contributed by atoms with van der Waals surface area (Å²) in [5, 5.41) is 10.9. The van der Waals surface area contributed by atoms with E-state index in [-0.39, 0.29) is 10.4 Å². The molecule has 0 saturated carbocycles. The maximum Gasteiger partial charge on any atom is 0.261 e. The highest BCUT2D eigenvalue weighted by molar-refractivity contribution is 7.89. The molecule has 2 aliphatic heterocycles. The first-order valence-corrected chi connectivity index (χ1v) is 8.03. The zero-order valence-corrected chi connectivity index (χ0v) is 11.9. The van der Waals surface area contributed by atoms with E-state index in [1.807, 2.05) is 0 Å². The summed E-state index contributed by atoms with van der Waals surface area (Å²) < 4.78 is 28.0. The second kappa shape index (κ2) is 4.53. The summed E-state index contributed by atoms with van der Waals surface area (Å²) in [4.78, 5) is 0. The zero-order chi connectivity index (χ0) is 13.5. The zero-order valence-electron chi connectivity index (χ0n) is 11.0. The molecular weight excluding hydrogens is 266 g/mol. The molecule has 2 aliphatic rings. The Morgan fingerprint density at radius 1 is 1.32 bits per heavy atom. The van der Waals surface area contributed by atoms with E-state index >= 15 is 0 Å².